The monoisotopic (exact) mass is 374 g/mol. The molecule has 2 aromatic rings. The Balaban J connectivity index is 1.67. The van der Waals surface area contributed by atoms with Crippen molar-refractivity contribution in [3.8, 4) is 11.5 Å². The number of nitrogens with one attached hydrogen (secondary N) is 1. The first kappa shape index (κ1) is 18.5. The van der Waals surface area contributed by atoms with Gasteiger partial charge in [0.15, 0.2) is 11.5 Å². The molecule has 1 heterocycles. The first-order chi connectivity index (χ1) is 12.6. The molecule has 0 spiro atoms. The van der Waals surface area contributed by atoms with E-state index in [1.165, 1.54) is 0 Å². The number of nitrogens with zero attached hydrogens (tertiary/aromatic N) is 1. The molecule has 5 nitrogen and oxygen atoms in total. The number of carbonyl (C=O) groups is 1. The molecule has 0 aliphatic carbocycles. The number of benzene rings is 2. The minimum absolute atomic E-state index is 0.0591. The SMILES string of the molecule is COc1ccc(NC(=O)CN2CCCC2c2ccccc2Cl)cc1OC. The third-order valence-electron chi connectivity index (χ3n) is 4.64. The van der Waals surface area contributed by atoms with Crippen LogP contribution in [0.4, 0.5) is 5.69 Å². The number of methoxy groups -OCH3 is 2. The predicted molar refractivity (Wildman–Crippen MR) is 103 cm³/mol. The Bertz CT molecular complexity index is 781. The molecule has 1 fully saturated rings. The van der Waals surface area contributed by atoms with Crippen LogP contribution in [0.1, 0.15) is 24.4 Å². The number of anilines is 1. The third-order valence-corrected chi connectivity index (χ3v) is 4.99. The fourth-order valence-electron chi connectivity index (χ4n) is 3.41. The lowest BCUT2D eigenvalue weighted by Gasteiger charge is -2.25. The van der Waals surface area contributed by atoms with Crippen molar-refractivity contribution in [1.82, 2.24) is 4.90 Å². The molecule has 2 aromatic carbocycles. The summed E-state index contributed by atoms with van der Waals surface area (Å²) in [6.07, 6.45) is 2.06. The highest BCUT2D eigenvalue weighted by atomic mass is 35.5. The molecule has 0 saturated carbocycles. The molecule has 3 rings (SSSR count). The van der Waals surface area contributed by atoms with Crippen LogP contribution in [0.25, 0.3) is 0 Å². The standard InChI is InChI=1S/C20H23ClN2O3/c1-25-18-10-9-14(12-19(18)26-2)22-20(24)13-23-11-5-8-17(23)15-6-3-4-7-16(15)21/h3-4,6-7,9-10,12,17H,5,8,11,13H2,1-2H3,(H,22,24). The maximum absolute atomic E-state index is 12.5. The predicted octanol–water partition coefficient (Wildman–Crippen LogP) is 4.13. The van der Waals surface area contributed by atoms with Crippen molar-refractivity contribution in [3.63, 3.8) is 0 Å². The van der Waals surface area contributed by atoms with E-state index in [0.717, 1.165) is 30.0 Å². The van der Waals surface area contributed by atoms with E-state index in [-0.39, 0.29) is 11.9 Å². The molecule has 1 amide bonds. The van der Waals surface area contributed by atoms with Gasteiger partial charge in [0.2, 0.25) is 5.91 Å². The fourth-order valence-corrected chi connectivity index (χ4v) is 3.67. The van der Waals surface area contributed by atoms with Gasteiger partial charge in [0.1, 0.15) is 0 Å². The van der Waals surface area contributed by atoms with Gasteiger partial charge in [-0.05, 0) is 43.1 Å². The van der Waals surface area contributed by atoms with E-state index < -0.39 is 0 Å². The number of likely N-dealkylation sites (tertiary alicyclic amines) is 1. The van der Waals surface area contributed by atoms with E-state index in [1.807, 2.05) is 24.3 Å². The number of rotatable bonds is 6. The molecule has 1 unspecified atom stereocenters. The minimum atomic E-state index is -0.0591. The van der Waals surface area contributed by atoms with Gasteiger partial charge in [0.25, 0.3) is 0 Å². The summed E-state index contributed by atoms with van der Waals surface area (Å²) in [5.41, 5.74) is 1.77. The number of amides is 1. The van der Waals surface area contributed by atoms with Crippen LogP contribution in [0.2, 0.25) is 5.02 Å². The second kappa shape index (κ2) is 8.43. The smallest absolute Gasteiger partial charge is 0.238 e. The molecule has 0 radical (unpaired) electrons. The fraction of sp³-hybridized carbons (Fsp3) is 0.350. The first-order valence-electron chi connectivity index (χ1n) is 8.62. The van der Waals surface area contributed by atoms with Crippen LogP contribution < -0.4 is 14.8 Å². The lowest BCUT2D eigenvalue weighted by atomic mass is 10.0. The Kier molecular flexibility index (Phi) is 6.01. The van der Waals surface area contributed by atoms with Crippen LogP contribution >= 0.6 is 11.6 Å². The number of ether oxygens (including phenoxy) is 2. The Labute approximate surface area is 158 Å². The first-order valence-corrected chi connectivity index (χ1v) is 9.00. The summed E-state index contributed by atoms with van der Waals surface area (Å²) >= 11 is 6.34. The van der Waals surface area contributed by atoms with Crippen molar-refractivity contribution < 1.29 is 14.3 Å². The van der Waals surface area contributed by atoms with Crippen molar-refractivity contribution in [3.05, 3.63) is 53.1 Å². The van der Waals surface area contributed by atoms with Gasteiger partial charge in [-0.1, -0.05) is 29.8 Å². The number of hydrogen-bond donors (Lipinski definition) is 1. The zero-order valence-corrected chi connectivity index (χ0v) is 15.8. The van der Waals surface area contributed by atoms with Gasteiger partial charge in [-0.3, -0.25) is 9.69 Å². The molecule has 1 saturated heterocycles. The highest BCUT2D eigenvalue weighted by Crippen LogP contribution is 2.35. The molecule has 138 valence electrons. The van der Waals surface area contributed by atoms with Crippen LogP contribution in [-0.2, 0) is 4.79 Å². The summed E-state index contributed by atoms with van der Waals surface area (Å²) in [6.45, 7) is 1.21. The van der Waals surface area contributed by atoms with Gasteiger partial charge in [0, 0.05) is 22.8 Å². The molecule has 1 aliphatic heterocycles. The van der Waals surface area contributed by atoms with Crippen LogP contribution in [0, 0.1) is 0 Å². The molecule has 1 aliphatic rings. The lowest BCUT2D eigenvalue weighted by Crippen LogP contribution is -2.33. The van der Waals surface area contributed by atoms with E-state index in [4.69, 9.17) is 21.1 Å². The normalized spacial score (nSPS) is 17.1. The average Bonchev–Trinajstić information content (AvgIpc) is 3.09. The number of hydrogen-bond acceptors (Lipinski definition) is 4. The van der Waals surface area contributed by atoms with Crippen molar-refractivity contribution >= 4 is 23.2 Å². The molecular formula is C20H23ClN2O3. The highest BCUT2D eigenvalue weighted by Gasteiger charge is 2.28. The van der Waals surface area contributed by atoms with Crippen LogP contribution in [0.15, 0.2) is 42.5 Å². The van der Waals surface area contributed by atoms with Gasteiger partial charge < -0.3 is 14.8 Å². The molecule has 0 aromatic heterocycles. The van der Waals surface area contributed by atoms with Crippen LogP contribution in [0.5, 0.6) is 11.5 Å². The topological polar surface area (TPSA) is 50.8 Å². The highest BCUT2D eigenvalue weighted by molar-refractivity contribution is 6.31. The summed E-state index contributed by atoms with van der Waals surface area (Å²) in [7, 11) is 3.15. The largest absolute Gasteiger partial charge is 0.493 e. The average molecular weight is 375 g/mol. The molecule has 0 bridgehead atoms. The second-order valence-electron chi connectivity index (χ2n) is 6.27. The van der Waals surface area contributed by atoms with Gasteiger partial charge in [-0.2, -0.15) is 0 Å². The van der Waals surface area contributed by atoms with Crippen LogP contribution in [0.3, 0.4) is 0 Å². The van der Waals surface area contributed by atoms with E-state index in [1.54, 1.807) is 32.4 Å². The van der Waals surface area contributed by atoms with Crippen LogP contribution in [-0.4, -0.2) is 38.1 Å². The minimum Gasteiger partial charge on any atom is -0.493 e. The van der Waals surface area contributed by atoms with E-state index in [9.17, 15) is 4.79 Å². The zero-order valence-electron chi connectivity index (χ0n) is 15.0. The number of carbonyl (C=O) groups excluding carboxylic acids is 1. The van der Waals surface area contributed by atoms with Gasteiger partial charge in [-0.25, -0.2) is 0 Å². The van der Waals surface area contributed by atoms with Gasteiger partial charge >= 0.3 is 0 Å². The van der Waals surface area contributed by atoms with Gasteiger partial charge in [-0.15, -0.1) is 0 Å². The van der Waals surface area contributed by atoms with Crippen molar-refractivity contribution in [2.75, 3.05) is 32.6 Å². The Morgan fingerprint density at radius 2 is 1.96 bits per heavy atom. The molecule has 1 atom stereocenters. The summed E-state index contributed by atoms with van der Waals surface area (Å²) in [6, 6.07) is 13.4. The summed E-state index contributed by atoms with van der Waals surface area (Å²) < 4.78 is 10.5. The Morgan fingerprint density at radius 3 is 2.69 bits per heavy atom. The Morgan fingerprint density at radius 1 is 1.19 bits per heavy atom. The summed E-state index contributed by atoms with van der Waals surface area (Å²) in [5.74, 6) is 1.15. The third kappa shape index (κ3) is 4.11. The zero-order chi connectivity index (χ0) is 18.5. The molecule has 1 N–H and O–H groups in total. The van der Waals surface area contributed by atoms with E-state index >= 15 is 0 Å². The summed E-state index contributed by atoms with van der Waals surface area (Å²) in [4.78, 5) is 14.7. The maximum atomic E-state index is 12.5. The van der Waals surface area contributed by atoms with Gasteiger partial charge in [0.05, 0.1) is 20.8 Å². The summed E-state index contributed by atoms with van der Waals surface area (Å²) in [5, 5.41) is 3.69. The van der Waals surface area contributed by atoms with E-state index in [0.29, 0.717) is 23.7 Å². The second-order valence-corrected chi connectivity index (χ2v) is 6.68. The van der Waals surface area contributed by atoms with Crippen molar-refractivity contribution in [2.24, 2.45) is 0 Å². The quantitative estimate of drug-likeness (QED) is 0.825. The molecule has 6 heteroatoms. The van der Waals surface area contributed by atoms with Crippen molar-refractivity contribution in [2.45, 2.75) is 18.9 Å². The molecule has 26 heavy (non-hydrogen) atoms. The number of halogens is 1. The molecular weight excluding hydrogens is 352 g/mol. The Hall–Kier alpha value is -2.24. The lowest BCUT2D eigenvalue weighted by molar-refractivity contribution is -0.117. The maximum Gasteiger partial charge on any atom is 0.238 e. The van der Waals surface area contributed by atoms with E-state index in [2.05, 4.69) is 10.2 Å². The van der Waals surface area contributed by atoms with Crippen molar-refractivity contribution in [1.29, 1.82) is 0 Å².